The lowest BCUT2D eigenvalue weighted by molar-refractivity contribution is -0.484. The van der Waals surface area contributed by atoms with Crippen molar-refractivity contribution in [2.24, 2.45) is 0 Å². The molecule has 0 saturated carbocycles. The molecule has 0 aliphatic rings. The van der Waals surface area contributed by atoms with E-state index in [2.05, 4.69) is 11.9 Å². The number of nitrogens with one attached hydrogen (secondary N) is 1. The van der Waals surface area contributed by atoms with Crippen LogP contribution in [0.15, 0.2) is 43.0 Å². The molecule has 1 amide bonds. The molecule has 6 nitrogen and oxygen atoms in total. The third-order valence-corrected chi connectivity index (χ3v) is 2.16. The van der Waals surface area contributed by atoms with E-state index in [1.807, 2.05) is 0 Å². The summed E-state index contributed by atoms with van der Waals surface area (Å²) < 4.78 is 4.73. The van der Waals surface area contributed by atoms with Crippen LogP contribution in [-0.2, 0) is 4.74 Å². The first-order valence-corrected chi connectivity index (χ1v) is 5.34. The van der Waals surface area contributed by atoms with Crippen LogP contribution in [0.4, 0.5) is 4.79 Å². The zero-order chi connectivity index (χ0) is 13.4. The Morgan fingerprint density at radius 2 is 2.17 bits per heavy atom. The minimum Gasteiger partial charge on any atom is -0.445 e. The Balaban J connectivity index is 2.70. The molecule has 0 fully saturated rings. The Kier molecular flexibility index (Phi) is 5.37. The number of hydrogen-bond donors (Lipinski definition) is 1. The lowest BCUT2D eigenvalue weighted by atomic mass is 10.1. The highest BCUT2D eigenvalue weighted by molar-refractivity contribution is 5.68. The van der Waals surface area contributed by atoms with Gasteiger partial charge in [0.1, 0.15) is 12.6 Å². The lowest BCUT2D eigenvalue weighted by Gasteiger charge is -2.14. The van der Waals surface area contributed by atoms with Crippen LogP contribution in [0, 0.1) is 10.1 Å². The number of carbonyl (C=O) groups excluding carboxylic acids is 1. The van der Waals surface area contributed by atoms with Gasteiger partial charge in [-0.05, 0) is 5.56 Å². The number of hydrogen-bond acceptors (Lipinski definition) is 4. The molecule has 0 saturated heterocycles. The highest BCUT2D eigenvalue weighted by atomic mass is 16.6. The van der Waals surface area contributed by atoms with Crippen molar-refractivity contribution < 1.29 is 14.5 Å². The first-order chi connectivity index (χ1) is 8.63. The summed E-state index contributed by atoms with van der Waals surface area (Å²) in [6.07, 6.45) is 0.718. The van der Waals surface area contributed by atoms with E-state index in [0.717, 1.165) is 0 Å². The highest BCUT2D eigenvalue weighted by Crippen LogP contribution is 2.12. The number of rotatable bonds is 6. The predicted octanol–water partition coefficient (Wildman–Crippen LogP) is 1.92. The van der Waals surface area contributed by atoms with E-state index in [1.165, 1.54) is 6.08 Å². The van der Waals surface area contributed by atoms with Gasteiger partial charge in [-0.2, -0.15) is 0 Å². The largest absolute Gasteiger partial charge is 0.445 e. The van der Waals surface area contributed by atoms with Crippen LogP contribution in [0.1, 0.15) is 11.6 Å². The average molecular weight is 250 g/mol. The summed E-state index contributed by atoms with van der Waals surface area (Å²) in [5.41, 5.74) is 0.657. The normalized spacial score (nSPS) is 11.3. The number of nitro groups is 1. The van der Waals surface area contributed by atoms with Crippen molar-refractivity contribution in [2.75, 3.05) is 13.2 Å². The molecule has 0 bridgehead atoms. The molecule has 1 aromatic rings. The first kappa shape index (κ1) is 13.7. The molecular weight excluding hydrogens is 236 g/mol. The second-order valence-corrected chi connectivity index (χ2v) is 3.51. The maximum absolute atomic E-state index is 11.4. The molecule has 0 aromatic heterocycles. The summed E-state index contributed by atoms with van der Waals surface area (Å²) >= 11 is 0. The molecule has 0 unspecified atom stereocenters. The van der Waals surface area contributed by atoms with Crippen molar-refractivity contribution in [3.05, 3.63) is 58.7 Å². The van der Waals surface area contributed by atoms with Crippen molar-refractivity contribution in [2.45, 2.75) is 6.04 Å². The summed E-state index contributed by atoms with van der Waals surface area (Å²) in [6, 6.07) is 8.00. The van der Waals surface area contributed by atoms with Gasteiger partial charge in [0.15, 0.2) is 0 Å². The zero-order valence-electron chi connectivity index (χ0n) is 9.74. The van der Waals surface area contributed by atoms with E-state index in [-0.39, 0.29) is 6.61 Å². The van der Waals surface area contributed by atoms with Crippen LogP contribution in [0.5, 0.6) is 0 Å². The van der Waals surface area contributed by atoms with Crippen LogP contribution in [0.2, 0.25) is 0 Å². The standard InChI is InChI=1S/C12H14N2O4/c1-2-8-18-12(15)13-11(9-14(16)17)10-6-4-3-5-7-10/h2-7,11H,1,8-9H2,(H,13,15)/t11-/m1/s1. The minimum atomic E-state index is -0.710. The number of ether oxygens (including phenoxy) is 1. The topological polar surface area (TPSA) is 81.5 Å². The Labute approximate surface area is 104 Å². The number of alkyl carbamates (subject to hydrolysis) is 1. The van der Waals surface area contributed by atoms with Crippen LogP contribution < -0.4 is 5.32 Å². The van der Waals surface area contributed by atoms with Gasteiger partial charge in [-0.3, -0.25) is 10.1 Å². The lowest BCUT2D eigenvalue weighted by Crippen LogP contribution is -2.33. The fourth-order valence-electron chi connectivity index (χ4n) is 1.39. The SMILES string of the molecule is C=CCOC(=O)N[C@H](C[N+](=O)[O-])c1ccccc1. The van der Waals surface area contributed by atoms with Crippen LogP contribution in [-0.4, -0.2) is 24.2 Å². The molecular formula is C12H14N2O4. The molecule has 1 rings (SSSR count). The predicted molar refractivity (Wildman–Crippen MR) is 65.7 cm³/mol. The molecule has 96 valence electrons. The summed E-state index contributed by atoms with van der Waals surface area (Å²) in [5, 5.41) is 13.0. The van der Waals surface area contributed by atoms with Gasteiger partial charge in [0, 0.05) is 4.92 Å². The second-order valence-electron chi connectivity index (χ2n) is 3.51. The molecule has 0 aliphatic heterocycles. The number of amides is 1. The van der Waals surface area contributed by atoms with Crippen molar-refractivity contribution in [3.63, 3.8) is 0 Å². The van der Waals surface area contributed by atoms with E-state index in [1.54, 1.807) is 30.3 Å². The summed E-state index contributed by atoms with van der Waals surface area (Å²) in [7, 11) is 0. The van der Waals surface area contributed by atoms with Crippen LogP contribution >= 0.6 is 0 Å². The molecule has 18 heavy (non-hydrogen) atoms. The molecule has 0 spiro atoms. The van der Waals surface area contributed by atoms with Crippen LogP contribution in [0.3, 0.4) is 0 Å². The molecule has 0 heterocycles. The van der Waals surface area contributed by atoms with E-state index in [0.29, 0.717) is 5.56 Å². The van der Waals surface area contributed by atoms with Gasteiger partial charge in [-0.25, -0.2) is 4.79 Å². The van der Waals surface area contributed by atoms with Crippen LogP contribution in [0.25, 0.3) is 0 Å². The summed E-state index contributed by atoms with van der Waals surface area (Å²) in [6.45, 7) is 3.07. The van der Waals surface area contributed by atoms with Gasteiger partial charge in [-0.1, -0.05) is 43.0 Å². The summed E-state index contributed by atoms with van der Waals surface area (Å²) in [5.74, 6) is 0. The molecule has 0 radical (unpaired) electrons. The second kappa shape index (κ2) is 7.05. The quantitative estimate of drug-likeness (QED) is 0.475. The van der Waals surface area contributed by atoms with Gasteiger partial charge in [0.25, 0.3) is 0 Å². The van der Waals surface area contributed by atoms with Gasteiger partial charge >= 0.3 is 6.09 Å². The molecule has 0 aliphatic carbocycles. The Hall–Kier alpha value is -2.37. The molecule has 1 aromatic carbocycles. The fraction of sp³-hybridized carbons (Fsp3) is 0.250. The Morgan fingerprint density at radius 3 is 2.72 bits per heavy atom. The third-order valence-electron chi connectivity index (χ3n) is 2.16. The molecule has 1 N–H and O–H groups in total. The van der Waals surface area contributed by atoms with Crippen molar-refractivity contribution in [1.29, 1.82) is 0 Å². The smallest absolute Gasteiger partial charge is 0.408 e. The van der Waals surface area contributed by atoms with Gasteiger partial charge in [-0.15, -0.1) is 0 Å². The molecule has 1 atom stereocenters. The maximum atomic E-state index is 11.4. The number of benzene rings is 1. The first-order valence-electron chi connectivity index (χ1n) is 5.34. The zero-order valence-corrected chi connectivity index (χ0v) is 9.74. The van der Waals surface area contributed by atoms with E-state index < -0.39 is 23.6 Å². The van der Waals surface area contributed by atoms with Gasteiger partial charge < -0.3 is 10.1 Å². The van der Waals surface area contributed by atoms with Gasteiger partial charge in [0.2, 0.25) is 6.54 Å². The monoisotopic (exact) mass is 250 g/mol. The molecule has 6 heteroatoms. The van der Waals surface area contributed by atoms with Crippen molar-refractivity contribution in [1.82, 2.24) is 5.32 Å². The van der Waals surface area contributed by atoms with Crippen molar-refractivity contribution in [3.8, 4) is 0 Å². The Bertz CT molecular complexity index is 419. The van der Waals surface area contributed by atoms with Crippen molar-refractivity contribution >= 4 is 6.09 Å². The third kappa shape index (κ3) is 4.65. The van der Waals surface area contributed by atoms with E-state index in [9.17, 15) is 14.9 Å². The minimum absolute atomic E-state index is 0.0613. The Morgan fingerprint density at radius 1 is 1.50 bits per heavy atom. The number of nitrogens with zero attached hydrogens (tertiary/aromatic N) is 1. The fourth-order valence-corrected chi connectivity index (χ4v) is 1.39. The van der Waals surface area contributed by atoms with E-state index in [4.69, 9.17) is 4.74 Å². The summed E-state index contributed by atoms with van der Waals surface area (Å²) in [4.78, 5) is 21.5. The van der Waals surface area contributed by atoms with Gasteiger partial charge in [0.05, 0.1) is 0 Å². The van der Waals surface area contributed by atoms with E-state index >= 15 is 0 Å². The highest BCUT2D eigenvalue weighted by Gasteiger charge is 2.20. The maximum Gasteiger partial charge on any atom is 0.408 e. The average Bonchev–Trinajstić information content (AvgIpc) is 2.36. The number of carbonyl (C=O) groups is 1.